The molecule has 4 aromatic heterocycles. The summed E-state index contributed by atoms with van der Waals surface area (Å²) in [7, 11) is 0. The van der Waals surface area contributed by atoms with E-state index in [2.05, 4.69) is 49.7 Å². The van der Waals surface area contributed by atoms with Gasteiger partial charge in [-0.1, -0.05) is 19.0 Å². The predicted molar refractivity (Wildman–Crippen MR) is 122 cm³/mol. The van der Waals surface area contributed by atoms with Crippen LogP contribution in [0.25, 0.3) is 33.8 Å². The number of hydrogen-bond donors (Lipinski definition) is 1. The zero-order valence-electron chi connectivity index (χ0n) is 19.3. The Morgan fingerprint density at radius 2 is 1.88 bits per heavy atom. The molecule has 0 radical (unpaired) electrons. The van der Waals surface area contributed by atoms with Crippen LogP contribution in [-0.4, -0.2) is 34.9 Å². The van der Waals surface area contributed by atoms with Crippen LogP contribution in [0, 0.1) is 6.92 Å². The van der Waals surface area contributed by atoms with E-state index in [0.29, 0.717) is 45.9 Å². The van der Waals surface area contributed by atoms with Crippen molar-refractivity contribution in [3.8, 4) is 22.8 Å². The van der Waals surface area contributed by atoms with Gasteiger partial charge in [-0.3, -0.25) is 0 Å². The fraction of sp³-hybridized carbons (Fsp3) is 0.478. The zero-order chi connectivity index (χ0) is 22.8. The number of nitrogen functional groups attached to an aromatic ring is 1. The number of anilines is 1. The lowest BCUT2D eigenvalue weighted by Crippen LogP contribution is -2.23. The quantitative estimate of drug-likeness (QED) is 0.497. The molecule has 4 aromatic rings. The van der Waals surface area contributed by atoms with Gasteiger partial charge in [0.25, 0.3) is 0 Å². The second kappa shape index (κ2) is 7.08. The Balaban J connectivity index is 1.79. The molecule has 1 aliphatic rings. The summed E-state index contributed by atoms with van der Waals surface area (Å²) in [4.78, 5) is 18.2. The Bertz CT molecular complexity index is 1320. The van der Waals surface area contributed by atoms with Gasteiger partial charge in [0.15, 0.2) is 17.2 Å². The average molecular weight is 433 g/mol. The van der Waals surface area contributed by atoms with Crippen LogP contribution in [0.1, 0.15) is 76.3 Å². The maximum Gasteiger partial charge on any atom is 0.165 e. The topological polar surface area (TPSA) is 121 Å². The van der Waals surface area contributed by atoms with Gasteiger partial charge < -0.3 is 10.3 Å². The van der Waals surface area contributed by atoms with Gasteiger partial charge in [-0.25, -0.2) is 24.6 Å². The molecular formula is C23H28N8O. The number of aromatic nitrogens is 7. The fourth-order valence-electron chi connectivity index (χ4n) is 4.08. The third-order valence-electron chi connectivity index (χ3n) is 5.88. The summed E-state index contributed by atoms with van der Waals surface area (Å²) in [5, 5.41) is 10.0. The summed E-state index contributed by atoms with van der Waals surface area (Å²) in [6, 6.07) is 0. The molecule has 0 bridgehead atoms. The van der Waals surface area contributed by atoms with Gasteiger partial charge in [-0.05, 0) is 52.0 Å². The van der Waals surface area contributed by atoms with Gasteiger partial charge in [0, 0.05) is 17.8 Å². The van der Waals surface area contributed by atoms with Crippen LogP contribution in [0.2, 0.25) is 0 Å². The van der Waals surface area contributed by atoms with E-state index in [9.17, 15) is 0 Å². The number of rotatable bonds is 4. The maximum absolute atomic E-state index is 6.30. The first kappa shape index (κ1) is 20.5. The van der Waals surface area contributed by atoms with Gasteiger partial charge in [-0.15, -0.1) is 0 Å². The van der Waals surface area contributed by atoms with Gasteiger partial charge in [-0.2, -0.15) is 5.10 Å². The van der Waals surface area contributed by atoms with Crippen molar-refractivity contribution < 1.29 is 4.52 Å². The highest BCUT2D eigenvalue weighted by molar-refractivity contribution is 6.00. The molecule has 0 spiro atoms. The second-order valence-corrected chi connectivity index (χ2v) is 9.82. The second-order valence-electron chi connectivity index (χ2n) is 9.82. The van der Waals surface area contributed by atoms with E-state index < -0.39 is 0 Å². The van der Waals surface area contributed by atoms with Crippen molar-refractivity contribution in [3.63, 3.8) is 0 Å². The standard InChI is InChI=1S/C23H28N8O/c1-11(2)14-9-25-21(28-12(14)3)15-18(30-32-19(15)13-7-8-13)17-16-20(24)26-10-27-22(16)31(29-17)23(4,5)6/h9-11,13H,7-8H2,1-6H3,(H2,24,26,27). The molecule has 0 atom stereocenters. The largest absolute Gasteiger partial charge is 0.383 e. The zero-order valence-corrected chi connectivity index (χ0v) is 19.3. The van der Waals surface area contributed by atoms with E-state index in [0.717, 1.165) is 35.4 Å². The molecule has 0 aromatic carbocycles. The smallest absolute Gasteiger partial charge is 0.165 e. The average Bonchev–Trinajstić information content (AvgIpc) is 3.33. The molecule has 0 unspecified atom stereocenters. The van der Waals surface area contributed by atoms with E-state index in [1.165, 1.54) is 6.33 Å². The molecule has 5 rings (SSSR count). The molecular weight excluding hydrogens is 404 g/mol. The van der Waals surface area contributed by atoms with E-state index in [-0.39, 0.29) is 5.54 Å². The highest BCUT2D eigenvalue weighted by Crippen LogP contribution is 2.48. The number of fused-ring (bicyclic) bond motifs is 1. The molecule has 0 amide bonds. The van der Waals surface area contributed by atoms with Crippen LogP contribution < -0.4 is 5.73 Å². The van der Waals surface area contributed by atoms with Crippen LogP contribution in [0.4, 0.5) is 5.82 Å². The lowest BCUT2D eigenvalue weighted by atomic mass is 10.0. The van der Waals surface area contributed by atoms with Crippen molar-refractivity contribution in [1.29, 1.82) is 0 Å². The van der Waals surface area contributed by atoms with E-state index in [1.54, 1.807) is 0 Å². The molecule has 0 aliphatic heterocycles. The Hall–Kier alpha value is -3.36. The molecule has 2 N–H and O–H groups in total. The minimum absolute atomic E-state index is 0.313. The summed E-state index contributed by atoms with van der Waals surface area (Å²) >= 11 is 0. The molecule has 1 fully saturated rings. The first-order chi connectivity index (χ1) is 15.2. The Labute approximate surface area is 186 Å². The summed E-state index contributed by atoms with van der Waals surface area (Å²) < 4.78 is 7.73. The van der Waals surface area contributed by atoms with E-state index in [1.807, 2.05) is 17.8 Å². The number of hydrogen-bond acceptors (Lipinski definition) is 8. The first-order valence-corrected chi connectivity index (χ1v) is 11.0. The molecule has 166 valence electrons. The molecule has 1 saturated carbocycles. The molecule has 0 saturated heterocycles. The number of aryl methyl sites for hydroxylation is 1. The molecule has 4 heterocycles. The predicted octanol–water partition coefficient (Wildman–Crippen LogP) is 4.58. The SMILES string of the molecule is Cc1nc(-c2c(-c3nn(C(C)(C)C)c4ncnc(N)c34)noc2C2CC2)ncc1C(C)C. The third-order valence-corrected chi connectivity index (χ3v) is 5.88. The fourth-order valence-corrected chi connectivity index (χ4v) is 4.08. The van der Waals surface area contributed by atoms with Crippen LogP contribution in [0.5, 0.6) is 0 Å². The minimum atomic E-state index is -0.313. The van der Waals surface area contributed by atoms with Crippen molar-refractivity contribution in [2.75, 3.05) is 5.73 Å². The maximum atomic E-state index is 6.30. The highest BCUT2D eigenvalue weighted by atomic mass is 16.5. The molecule has 9 nitrogen and oxygen atoms in total. The van der Waals surface area contributed by atoms with Crippen molar-refractivity contribution in [2.45, 2.75) is 71.8 Å². The number of nitrogens with zero attached hydrogens (tertiary/aromatic N) is 7. The lowest BCUT2D eigenvalue weighted by Gasteiger charge is -2.19. The van der Waals surface area contributed by atoms with Crippen molar-refractivity contribution in [1.82, 2.24) is 34.9 Å². The van der Waals surface area contributed by atoms with E-state index in [4.69, 9.17) is 25.3 Å². The molecule has 1 aliphatic carbocycles. The van der Waals surface area contributed by atoms with Crippen molar-refractivity contribution in [3.05, 3.63) is 29.5 Å². The van der Waals surface area contributed by atoms with E-state index >= 15 is 0 Å². The van der Waals surface area contributed by atoms with Crippen LogP contribution in [0.15, 0.2) is 17.0 Å². The Kier molecular flexibility index (Phi) is 4.54. The number of nitrogens with two attached hydrogens (primary N) is 1. The van der Waals surface area contributed by atoms with Gasteiger partial charge >= 0.3 is 0 Å². The minimum Gasteiger partial charge on any atom is -0.383 e. The summed E-state index contributed by atoms with van der Waals surface area (Å²) in [6.07, 6.45) is 5.49. The van der Waals surface area contributed by atoms with Crippen LogP contribution >= 0.6 is 0 Å². The first-order valence-electron chi connectivity index (χ1n) is 11.0. The lowest BCUT2D eigenvalue weighted by molar-refractivity contribution is 0.365. The van der Waals surface area contributed by atoms with Gasteiger partial charge in [0.2, 0.25) is 0 Å². The summed E-state index contributed by atoms with van der Waals surface area (Å²) in [5.74, 6) is 2.43. The third kappa shape index (κ3) is 3.23. The monoisotopic (exact) mass is 432 g/mol. The van der Waals surface area contributed by atoms with Crippen LogP contribution in [0.3, 0.4) is 0 Å². The van der Waals surface area contributed by atoms with Crippen molar-refractivity contribution in [2.24, 2.45) is 0 Å². The highest BCUT2D eigenvalue weighted by Gasteiger charge is 2.36. The van der Waals surface area contributed by atoms with Gasteiger partial charge in [0.1, 0.15) is 23.5 Å². The summed E-state index contributed by atoms with van der Waals surface area (Å²) in [6.45, 7) is 12.5. The molecule has 9 heteroatoms. The molecule has 32 heavy (non-hydrogen) atoms. The van der Waals surface area contributed by atoms with Crippen LogP contribution in [-0.2, 0) is 5.54 Å². The Morgan fingerprint density at radius 1 is 1.12 bits per heavy atom. The normalized spacial score (nSPS) is 14.6. The van der Waals surface area contributed by atoms with Crippen molar-refractivity contribution >= 4 is 16.9 Å². The summed E-state index contributed by atoms with van der Waals surface area (Å²) in [5.41, 5.74) is 10.7. The van der Waals surface area contributed by atoms with Gasteiger partial charge in [0.05, 0.1) is 16.5 Å². The Morgan fingerprint density at radius 3 is 2.50 bits per heavy atom.